The second-order valence-electron chi connectivity index (χ2n) is 12.3. The van der Waals surface area contributed by atoms with E-state index in [1.807, 2.05) is 42.5 Å². The van der Waals surface area contributed by atoms with Gasteiger partial charge in [0.05, 0.1) is 33.1 Å². The third-order valence-corrected chi connectivity index (χ3v) is 9.22. The molecule has 2 aromatic heterocycles. The fourth-order valence-corrected chi connectivity index (χ4v) is 7.23. The molecule has 8 rings (SSSR count). The predicted octanol–water partition coefficient (Wildman–Crippen LogP) is 7.76. The van der Waals surface area contributed by atoms with E-state index in [0.717, 1.165) is 56.9 Å². The van der Waals surface area contributed by atoms with Gasteiger partial charge in [0.2, 0.25) is 5.95 Å². The van der Waals surface area contributed by atoms with E-state index in [2.05, 4.69) is 54.3 Å². The summed E-state index contributed by atoms with van der Waals surface area (Å²) in [5.41, 5.74) is 6.33. The fourth-order valence-electron chi connectivity index (χ4n) is 7.23. The van der Waals surface area contributed by atoms with Crippen LogP contribution in [0.1, 0.15) is 61.9 Å². The summed E-state index contributed by atoms with van der Waals surface area (Å²) in [5.74, 6) is 2.51. The van der Waals surface area contributed by atoms with Crippen molar-refractivity contribution in [1.82, 2.24) is 19.9 Å². The van der Waals surface area contributed by atoms with Crippen LogP contribution in [0.2, 0.25) is 0 Å². The molecule has 0 radical (unpaired) electrons. The second kappa shape index (κ2) is 8.74. The third-order valence-electron chi connectivity index (χ3n) is 9.22. The number of anilines is 1. The van der Waals surface area contributed by atoms with Crippen LogP contribution in [-0.2, 0) is 0 Å². The number of para-hydroxylation sites is 2. The lowest BCUT2D eigenvalue weighted by atomic mass is 9.64. The Balaban J connectivity index is 1.29. The molecule has 0 spiro atoms. The highest BCUT2D eigenvalue weighted by molar-refractivity contribution is 6.12. The number of H-pyrrole nitrogens is 1. The monoisotopic (exact) mass is 541 g/mol. The van der Waals surface area contributed by atoms with E-state index in [0.29, 0.717) is 34.8 Å². The first-order valence-corrected chi connectivity index (χ1v) is 14.5. The van der Waals surface area contributed by atoms with Crippen LogP contribution in [0.15, 0.2) is 66.7 Å². The molecule has 1 aliphatic heterocycles. The number of benzene rings is 4. The predicted molar refractivity (Wildman–Crippen MR) is 163 cm³/mol. The Hall–Kier alpha value is -4.52. The molecule has 6 aromatic rings. The summed E-state index contributed by atoms with van der Waals surface area (Å²) in [7, 11) is 0. The molecule has 1 unspecified atom stereocenters. The first-order chi connectivity index (χ1) is 19.9. The zero-order valence-corrected chi connectivity index (χ0v) is 23.4. The number of rotatable bonds is 2. The summed E-state index contributed by atoms with van der Waals surface area (Å²) in [6.07, 6.45) is 3.46. The molecular weight excluding hydrogens is 510 g/mol. The van der Waals surface area contributed by atoms with Gasteiger partial charge in [-0.05, 0) is 68.9 Å². The lowest BCUT2D eigenvalue weighted by Gasteiger charge is -2.49. The molecule has 4 aromatic carbocycles. The molecule has 0 bridgehead atoms. The summed E-state index contributed by atoms with van der Waals surface area (Å²) in [6, 6.07) is 21.6. The van der Waals surface area contributed by atoms with Crippen LogP contribution in [0, 0.1) is 11.8 Å². The zero-order chi connectivity index (χ0) is 27.9. The molecule has 41 heavy (non-hydrogen) atoms. The van der Waals surface area contributed by atoms with E-state index >= 15 is 0 Å². The van der Waals surface area contributed by atoms with Gasteiger partial charge in [0.1, 0.15) is 11.4 Å². The van der Waals surface area contributed by atoms with E-state index in [1.54, 1.807) is 6.07 Å². The zero-order valence-electron chi connectivity index (χ0n) is 23.4. The van der Waals surface area contributed by atoms with Crippen molar-refractivity contribution in [2.24, 2.45) is 11.8 Å². The topological polar surface area (TPSA) is 92.8 Å². The van der Waals surface area contributed by atoms with Crippen molar-refractivity contribution in [3.8, 4) is 5.75 Å². The third kappa shape index (κ3) is 3.79. The van der Waals surface area contributed by atoms with E-state index in [1.165, 1.54) is 12.0 Å². The van der Waals surface area contributed by atoms with Crippen LogP contribution >= 0.6 is 0 Å². The van der Waals surface area contributed by atoms with Crippen molar-refractivity contribution in [3.63, 3.8) is 0 Å². The van der Waals surface area contributed by atoms with Crippen molar-refractivity contribution in [3.05, 3.63) is 77.9 Å². The lowest BCUT2D eigenvalue weighted by molar-refractivity contribution is -0.0115. The van der Waals surface area contributed by atoms with Crippen molar-refractivity contribution >= 4 is 55.7 Å². The number of aromatic nitrogens is 4. The maximum absolute atomic E-state index is 13.3. The van der Waals surface area contributed by atoms with Crippen LogP contribution in [-0.4, -0.2) is 31.4 Å². The summed E-state index contributed by atoms with van der Waals surface area (Å²) in [6.45, 7) is 6.83. The van der Waals surface area contributed by atoms with E-state index < -0.39 is 0 Å². The molecule has 204 valence electrons. The van der Waals surface area contributed by atoms with Crippen LogP contribution < -0.4 is 10.1 Å². The van der Waals surface area contributed by atoms with Crippen LogP contribution in [0.25, 0.3) is 43.9 Å². The number of imidazole rings is 1. The number of ether oxygens (including phenoxy) is 1. The van der Waals surface area contributed by atoms with Crippen molar-refractivity contribution in [2.45, 2.75) is 51.6 Å². The first kappa shape index (κ1) is 24.3. The number of carbonyl (C=O) groups excluding carboxylic acids is 1. The maximum Gasteiger partial charge on any atom is 0.258 e. The molecule has 3 heterocycles. The molecule has 7 nitrogen and oxygen atoms in total. The van der Waals surface area contributed by atoms with Crippen LogP contribution in [0.3, 0.4) is 0 Å². The average Bonchev–Trinajstić information content (AvgIpc) is 3.38. The molecular formula is C34H31N5O2. The SMILES string of the molecule is C[C@H]1CCC2[C@H](C1)c1c(c3ccccc3c3nc4ccc(C(=O)Nc5nc6ccccc6[nH]5)cc4nc13)OC2(C)C. The number of nitrogens with zero attached hydrogens (tertiary/aromatic N) is 3. The highest BCUT2D eigenvalue weighted by atomic mass is 16.5. The lowest BCUT2D eigenvalue weighted by Crippen LogP contribution is -2.46. The summed E-state index contributed by atoms with van der Waals surface area (Å²) in [4.78, 5) is 31.3. The molecule has 1 aliphatic carbocycles. The van der Waals surface area contributed by atoms with Gasteiger partial charge in [0.25, 0.3) is 5.91 Å². The molecule has 2 N–H and O–H groups in total. The Morgan fingerprint density at radius 3 is 2.54 bits per heavy atom. The van der Waals surface area contributed by atoms with Crippen molar-refractivity contribution in [1.29, 1.82) is 0 Å². The molecule has 1 amide bonds. The average molecular weight is 542 g/mol. The smallest absolute Gasteiger partial charge is 0.258 e. The van der Waals surface area contributed by atoms with Crippen molar-refractivity contribution < 1.29 is 9.53 Å². The van der Waals surface area contributed by atoms with Gasteiger partial charge in [-0.25, -0.2) is 15.0 Å². The largest absolute Gasteiger partial charge is 0.487 e. The van der Waals surface area contributed by atoms with E-state index in [-0.39, 0.29) is 11.5 Å². The number of hydrogen-bond donors (Lipinski definition) is 2. The summed E-state index contributed by atoms with van der Waals surface area (Å²) in [5, 5.41) is 5.04. The van der Waals surface area contributed by atoms with Gasteiger partial charge in [-0.2, -0.15) is 0 Å². The number of fused-ring (bicyclic) bond motifs is 10. The van der Waals surface area contributed by atoms with Gasteiger partial charge >= 0.3 is 0 Å². The first-order valence-electron chi connectivity index (χ1n) is 14.5. The van der Waals surface area contributed by atoms with Gasteiger partial charge in [-0.1, -0.05) is 49.7 Å². The van der Waals surface area contributed by atoms with Crippen molar-refractivity contribution in [2.75, 3.05) is 5.32 Å². The highest BCUT2D eigenvalue weighted by Crippen LogP contribution is 2.56. The maximum atomic E-state index is 13.3. The number of carbonyl (C=O) groups is 1. The normalized spacial score (nSPS) is 21.5. The van der Waals surface area contributed by atoms with Crippen LogP contribution in [0.4, 0.5) is 5.95 Å². The summed E-state index contributed by atoms with van der Waals surface area (Å²) >= 11 is 0. The minimum atomic E-state index is -0.263. The Bertz CT molecular complexity index is 1990. The molecule has 1 saturated carbocycles. The Morgan fingerprint density at radius 1 is 0.902 bits per heavy atom. The van der Waals surface area contributed by atoms with Gasteiger partial charge in [-0.15, -0.1) is 0 Å². The number of nitrogens with one attached hydrogen (secondary N) is 2. The molecule has 7 heteroatoms. The number of hydrogen-bond acceptors (Lipinski definition) is 5. The molecule has 1 fully saturated rings. The fraction of sp³-hybridized carbons (Fsp3) is 0.294. The van der Waals surface area contributed by atoms with Crippen LogP contribution in [0.5, 0.6) is 5.75 Å². The molecule has 0 saturated heterocycles. The Labute approximate surface area is 237 Å². The van der Waals surface area contributed by atoms with E-state index in [9.17, 15) is 4.79 Å². The second-order valence-corrected chi connectivity index (χ2v) is 12.3. The summed E-state index contributed by atoms with van der Waals surface area (Å²) < 4.78 is 6.87. The quantitative estimate of drug-likeness (QED) is 0.173. The van der Waals surface area contributed by atoms with Gasteiger partial charge < -0.3 is 9.72 Å². The minimum Gasteiger partial charge on any atom is -0.487 e. The highest BCUT2D eigenvalue weighted by Gasteiger charge is 2.47. The minimum absolute atomic E-state index is 0.250. The van der Waals surface area contributed by atoms with Gasteiger partial charge in [-0.3, -0.25) is 10.1 Å². The molecule has 2 aliphatic rings. The van der Waals surface area contributed by atoms with Gasteiger partial charge in [0.15, 0.2) is 0 Å². The van der Waals surface area contributed by atoms with E-state index in [4.69, 9.17) is 14.7 Å². The molecule has 3 atom stereocenters. The van der Waals surface area contributed by atoms with Gasteiger partial charge in [0, 0.05) is 27.8 Å². The Kier molecular flexibility index (Phi) is 5.18. The number of amides is 1. The number of aromatic amines is 1. The standard InChI is InChI=1S/C34H31N5O2/c1-18-12-14-23-22(16-18)28-30-29(20-8-4-5-9-21(20)31(28)41-34(23,2)3)35-26-15-13-19(17-27(26)36-30)32(40)39-33-37-24-10-6-7-11-25(24)38-33/h4-11,13,15,17-18,22-23H,12,14,16H2,1-3H3,(H2,37,38,39,40)/t18-,22-,23?/m0/s1. The Morgan fingerprint density at radius 2 is 1.68 bits per heavy atom.